The maximum Gasteiger partial charge on any atom is 0.160 e. The van der Waals surface area contributed by atoms with Crippen LogP contribution < -0.4 is 4.90 Å². The molecule has 288 valence electrons. The lowest BCUT2D eigenvalue weighted by Gasteiger charge is -2.28. The van der Waals surface area contributed by atoms with E-state index in [1.165, 1.54) is 43.8 Å². The van der Waals surface area contributed by atoms with Crippen molar-refractivity contribution in [3.05, 3.63) is 211 Å². The molecule has 61 heavy (non-hydrogen) atoms. The summed E-state index contributed by atoms with van der Waals surface area (Å²) >= 11 is 0. The third-order valence-corrected chi connectivity index (χ3v) is 13.3. The van der Waals surface area contributed by atoms with Crippen LogP contribution in [0.2, 0.25) is 0 Å². The van der Waals surface area contributed by atoms with Gasteiger partial charge in [0, 0.05) is 66.2 Å². The lowest BCUT2D eigenvalue weighted by atomic mass is 9.82. The molecule has 0 N–H and O–H groups in total. The smallest absolute Gasteiger partial charge is 0.160 e. The van der Waals surface area contributed by atoms with Crippen LogP contribution in [0.15, 0.2) is 205 Å². The number of para-hydroxylation sites is 4. The molecule has 1 aliphatic rings. The summed E-state index contributed by atoms with van der Waals surface area (Å²) in [5, 5.41) is 6.96. The second-order valence-electron chi connectivity index (χ2n) is 16.9. The summed E-state index contributed by atoms with van der Waals surface area (Å²) in [6.07, 6.45) is 0. The largest absolute Gasteiger partial charge is 0.452 e. The highest BCUT2D eigenvalue weighted by Crippen LogP contribution is 2.51. The molecule has 4 heteroatoms. The third-order valence-electron chi connectivity index (χ3n) is 13.3. The summed E-state index contributed by atoms with van der Waals surface area (Å²) in [6, 6.07) is 72.7. The van der Waals surface area contributed by atoms with Crippen LogP contribution in [0.1, 0.15) is 25.0 Å². The first kappa shape index (κ1) is 34.1. The third kappa shape index (κ3) is 4.76. The van der Waals surface area contributed by atoms with Crippen molar-refractivity contribution in [2.45, 2.75) is 19.3 Å². The molecule has 13 rings (SSSR count). The van der Waals surface area contributed by atoms with Crippen molar-refractivity contribution < 1.29 is 4.42 Å². The minimum atomic E-state index is -0.101. The van der Waals surface area contributed by atoms with Gasteiger partial charge in [-0.2, -0.15) is 0 Å². The van der Waals surface area contributed by atoms with Crippen molar-refractivity contribution in [3.63, 3.8) is 0 Å². The summed E-state index contributed by atoms with van der Waals surface area (Å²) in [6.45, 7) is 4.69. The number of benzene rings is 9. The van der Waals surface area contributed by atoms with E-state index in [0.29, 0.717) is 0 Å². The van der Waals surface area contributed by atoms with Crippen molar-refractivity contribution in [1.29, 1.82) is 0 Å². The van der Waals surface area contributed by atoms with E-state index in [2.05, 4.69) is 228 Å². The molecule has 0 spiro atoms. The number of aromatic nitrogens is 2. The van der Waals surface area contributed by atoms with Gasteiger partial charge in [0.15, 0.2) is 11.2 Å². The fourth-order valence-electron chi connectivity index (χ4n) is 10.5. The lowest BCUT2D eigenvalue weighted by molar-refractivity contribution is 0.660. The molecule has 3 aromatic heterocycles. The second kappa shape index (κ2) is 12.6. The molecular formula is C57H39N3O. The average Bonchev–Trinajstić information content (AvgIpc) is 4.03. The molecule has 0 amide bonds. The predicted octanol–water partition coefficient (Wildman–Crippen LogP) is 15.6. The van der Waals surface area contributed by atoms with Gasteiger partial charge in [-0.3, -0.25) is 0 Å². The number of furan rings is 1. The van der Waals surface area contributed by atoms with E-state index in [0.717, 1.165) is 72.4 Å². The van der Waals surface area contributed by atoms with Gasteiger partial charge >= 0.3 is 0 Å². The summed E-state index contributed by atoms with van der Waals surface area (Å²) < 4.78 is 12.0. The first-order chi connectivity index (χ1) is 30.0. The molecule has 3 heterocycles. The Hall–Kier alpha value is -7.82. The average molecular weight is 782 g/mol. The molecule has 12 aromatic rings. The molecule has 0 atom stereocenters. The molecule has 0 aliphatic heterocycles. The molecule has 4 nitrogen and oxygen atoms in total. The summed E-state index contributed by atoms with van der Waals surface area (Å²) in [4.78, 5) is 2.38. The van der Waals surface area contributed by atoms with Crippen LogP contribution >= 0.6 is 0 Å². The zero-order valence-electron chi connectivity index (χ0n) is 33.8. The van der Waals surface area contributed by atoms with E-state index in [1.54, 1.807) is 0 Å². The van der Waals surface area contributed by atoms with Crippen LogP contribution in [0.3, 0.4) is 0 Å². The Bertz CT molecular complexity index is 3720. The highest BCUT2D eigenvalue weighted by atomic mass is 16.3. The van der Waals surface area contributed by atoms with E-state index in [9.17, 15) is 0 Å². The van der Waals surface area contributed by atoms with Crippen LogP contribution in [0.5, 0.6) is 0 Å². The first-order valence-corrected chi connectivity index (χ1v) is 21.1. The van der Waals surface area contributed by atoms with Crippen molar-refractivity contribution in [2.75, 3.05) is 4.90 Å². The Balaban J connectivity index is 1.02. The summed E-state index contributed by atoms with van der Waals surface area (Å²) in [5.74, 6) is 0. The molecule has 0 fully saturated rings. The Morgan fingerprint density at radius 2 is 0.852 bits per heavy atom. The molecule has 0 bridgehead atoms. The fourth-order valence-corrected chi connectivity index (χ4v) is 10.5. The molecule has 1 aliphatic carbocycles. The molecular weight excluding hydrogens is 743 g/mol. The van der Waals surface area contributed by atoms with Crippen molar-refractivity contribution in [2.24, 2.45) is 0 Å². The topological polar surface area (TPSA) is 26.2 Å². The van der Waals surface area contributed by atoms with Crippen LogP contribution in [-0.2, 0) is 5.41 Å². The Kier molecular flexibility index (Phi) is 7.04. The fraction of sp³-hybridized carbons (Fsp3) is 0.0526. The maximum atomic E-state index is 7.27. The Labute approximate surface area is 352 Å². The Morgan fingerprint density at radius 1 is 0.377 bits per heavy atom. The quantitative estimate of drug-likeness (QED) is 0.174. The SMILES string of the molecule is CC1(C)c2ccccc2-c2ccc(N(c3ccccc3)c3ccc(-n4c5ccccc5c5ccc6c7ccc8c9ccccc9n(-c9ccccc9)c8c7oc6c54)cc3)cc21. The van der Waals surface area contributed by atoms with E-state index in [-0.39, 0.29) is 5.41 Å². The lowest BCUT2D eigenvalue weighted by Crippen LogP contribution is -2.16. The number of anilines is 3. The standard InChI is InChI=1S/C57H39N3O/c1-57(2)49-22-12-9-19-41(49)42-30-29-40(35-50(42)57)58(36-15-5-3-6-16-36)38-25-27-39(28-26-38)60-52-24-14-11-21-44(52)46-32-34-48-47-33-31-45-43-20-10-13-23-51(43)59(37-17-7-4-8-18-37)53(45)55(47)61-56(48)54(46)60/h3-35H,1-2H3. The van der Waals surface area contributed by atoms with Crippen molar-refractivity contribution in [3.8, 4) is 22.5 Å². The van der Waals surface area contributed by atoms with Gasteiger partial charge in [-0.15, -0.1) is 0 Å². The van der Waals surface area contributed by atoms with Crippen LogP contribution in [0, 0.1) is 0 Å². The van der Waals surface area contributed by atoms with Crippen LogP contribution in [0.4, 0.5) is 17.1 Å². The molecule has 0 saturated carbocycles. The molecule has 0 unspecified atom stereocenters. The van der Waals surface area contributed by atoms with Gasteiger partial charge in [0.25, 0.3) is 0 Å². The van der Waals surface area contributed by atoms with Crippen molar-refractivity contribution in [1.82, 2.24) is 9.13 Å². The summed E-state index contributed by atoms with van der Waals surface area (Å²) in [7, 11) is 0. The van der Waals surface area contributed by atoms with E-state index >= 15 is 0 Å². The van der Waals surface area contributed by atoms with E-state index in [4.69, 9.17) is 4.42 Å². The number of hydrogen-bond acceptors (Lipinski definition) is 2. The van der Waals surface area contributed by atoms with Gasteiger partial charge < -0.3 is 18.5 Å². The van der Waals surface area contributed by atoms with Gasteiger partial charge in [-0.25, -0.2) is 0 Å². The van der Waals surface area contributed by atoms with Gasteiger partial charge in [-0.1, -0.05) is 129 Å². The van der Waals surface area contributed by atoms with Crippen LogP contribution in [-0.4, -0.2) is 9.13 Å². The highest BCUT2D eigenvalue weighted by molar-refractivity contribution is 6.26. The predicted molar refractivity (Wildman–Crippen MR) is 255 cm³/mol. The number of fused-ring (bicyclic) bond motifs is 14. The van der Waals surface area contributed by atoms with E-state index < -0.39 is 0 Å². The number of rotatable bonds is 5. The minimum Gasteiger partial charge on any atom is -0.452 e. The second-order valence-corrected chi connectivity index (χ2v) is 16.9. The van der Waals surface area contributed by atoms with Crippen molar-refractivity contribution >= 4 is 82.6 Å². The van der Waals surface area contributed by atoms with Gasteiger partial charge in [0.1, 0.15) is 0 Å². The molecule has 0 radical (unpaired) electrons. The van der Waals surface area contributed by atoms with Gasteiger partial charge in [0.05, 0.1) is 22.1 Å². The zero-order valence-corrected chi connectivity index (χ0v) is 33.8. The normalized spacial score (nSPS) is 13.2. The minimum absolute atomic E-state index is 0.101. The molecule has 9 aromatic carbocycles. The van der Waals surface area contributed by atoms with Gasteiger partial charge in [-0.05, 0) is 107 Å². The van der Waals surface area contributed by atoms with Crippen LogP contribution in [0.25, 0.3) is 88.1 Å². The van der Waals surface area contributed by atoms with E-state index in [1.807, 2.05) is 0 Å². The zero-order chi connectivity index (χ0) is 40.4. The summed E-state index contributed by atoms with van der Waals surface area (Å²) in [5.41, 5.74) is 17.0. The van der Waals surface area contributed by atoms with Gasteiger partial charge in [0.2, 0.25) is 0 Å². The highest BCUT2D eigenvalue weighted by Gasteiger charge is 2.36. The maximum absolute atomic E-state index is 7.27. The Morgan fingerprint density at radius 3 is 1.49 bits per heavy atom. The molecule has 0 saturated heterocycles. The number of nitrogens with zero attached hydrogens (tertiary/aromatic N) is 3. The first-order valence-electron chi connectivity index (χ1n) is 21.1. The number of hydrogen-bond donors (Lipinski definition) is 0. The monoisotopic (exact) mass is 781 g/mol.